The second-order valence-electron chi connectivity index (χ2n) is 6.37. The van der Waals surface area contributed by atoms with Crippen LogP contribution in [0, 0.1) is 0 Å². The molecule has 0 amide bonds. The largest absolute Gasteiger partial charge is 0.497 e. The van der Waals surface area contributed by atoms with Crippen LogP contribution in [0.1, 0.15) is 11.3 Å². The Morgan fingerprint density at radius 3 is 2.90 bits per heavy atom. The number of aromatic nitrogens is 2. The Balaban J connectivity index is 1.69. The smallest absolute Gasteiger partial charge is 0.134 e. The lowest BCUT2D eigenvalue weighted by Crippen LogP contribution is -2.31. The van der Waals surface area contributed by atoms with E-state index in [2.05, 4.69) is 50.9 Å². The van der Waals surface area contributed by atoms with Crippen LogP contribution in [0.4, 0.5) is 11.5 Å². The molecule has 152 valence electrons. The van der Waals surface area contributed by atoms with Crippen molar-refractivity contribution in [2.45, 2.75) is 5.75 Å². The third kappa shape index (κ3) is 6.19. The molecule has 1 aromatic carbocycles. The van der Waals surface area contributed by atoms with Crippen LogP contribution >= 0.6 is 11.9 Å². The summed E-state index contributed by atoms with van der Waals surface area (Å²) in [5.74, 6) is 2.15. The summed E-state index contributed by atoms with van der Waals surface area (Å²) in [5, 5.41) is 3.36. The van der Waals surface area contributed by atoms with Crippen LogP contribution in [0.5, 0.6) is 0 Å². The summed E-state index contributed by atoms with van der Waals surface area (Å²) >= 11 is 1.84. The number of ether oxygens (including phenoxy) is 2. The van der Waals surface area contributed by atoms with E-state index in [0.29, 0.717) is 17.3 Å². The van der Waals surface area contributed by atoms with Crippen LogP contribution in [0.3, 0.4) is 0 Å². The Hall–Kier alpha value is -2.61. The van der Waals surface area contributed by atoms with Gasteiger partial charge in [0.25, 0.3) is 0 Å². The van der Waals surface area contributed by atoms with Gasteiger partial charge in [0.1, 0.15) is 17.9 Å². The molecule has 0 unspecified atom stereocenters. The summed E-state index contributed by atoms with van der Waals surface area (Å²) in [6.07, 6.45) is 5.03. The maximum atomic E-state index is 5.40. The van der Waals surface area contributed by atoms with Gasteiger partial charge in [-0.1, -0.05) is 43.3 Å². The molecule has 0 bridgehead atoms. The molecule has 6 nitrogen and oxygen atoms in total. The highest BCUT2D eigenvalue weighted by Crippen LogP contribution is 2.25. The lowest BCUT2D eigenvalue weighted by molar-refractivity contribution is 0.0773. The normalized spacial score (nSPS) is 15.0. The third-order valence-corrected chi connectivity index (χ3v) is 5.55. The number of hydrogen-bond acceptors (Lipinski definition) is 7. The van der Waals surface area contributed by atoms with Crippen molar-refractivity contribution < 1.29 is 9.47 Å². The van der Waals surface area contributed by atoms with Crippen molar-refractivity contribution in [2.24, 2.45) is 0 Å². The third-order valence-electron chi connectivity index (χ3n) is 4.36. The van der Waals surface area contributed by atoms with Crippen molar-refractivity contribution in [1.82, 2.24) is 14.3 Å². The molecule has 0 saturated carbocycles. The molecule has 2 heterocycles. The van der Waals surface area contributed by atoms with Crippen molar-refractivity contribution in [3.63, 3.8) is 0 Å². The maximum Gasteiger partial charge on any atom is 0.134 e. The van der Waals surface area contributed by atoms with Gasteiger partial charge >= 0.3 is 0 Å². The molecule has 1 aliphatic heterocycles. The minimum atomic E-state index is 0.525. The SMILES string of the molecule is C=C/C=C(\C(=C)OC)c1cc(Nc2cccc(CSN3CCOCC3)c2)ncn1. The Morgan fingerprint density at radius 1 is 1.31 bits per heavy atom. The van der Waals surface area contributed by atoms with Gasteiger partial charge in [-0.05, 0) is 23.8 Å². The Kier molecular flexibility index (Phi) is 7.86. The van der Waals surface area contributed by atoms with E-state index in [9.17, 15) is 0 Å². The molecule has 0 aliphatic carbocycles. The fraction of sp³-hybridized carbons (Fsp3) is 0.273. The monoisotopic (exact) mass is 410 g/mol. The van der Waals surface area contributed by atoms with Gasteiger partial charge < -0.3 is 14.8 Å². The van der Waals surface area contributed by atoms with Crippen molar-refractivity contribution >= 4 is 29.0 Å². The van der Waals surface area contributed by atoms with Gasteiger partial charge in [-0.15, -0.1) is 0 Å². The summed E-state index contributed by atoms with van der Waals surface area (Å²) in [4.78, 5) is 8.68. The number of rotatable bonds is 9. The van der Waals surface area contributed by atoms with Gasteiger partial charge in [-0.2, -0.15) is 0 Å². The number of anilines is 2. The first-order valence-corrected chi connectivity index (χ1v) is 10.3. The highest BCUT2D eigenvalue weighted by Gasteiger charge is 2.11. The molecule has 1 N–H and O–H groups in total. The molecule has 7 heteroatoms. The number of methoxy groups -OCH3 is 1. The van der Waals surface area contributed by atoms with Gasteiger partial charge in [0.05, 0.1) is 26.0 Å². The molecular formula is C22H26N4O2S. The Morgan fingerprint density at radius 2 is 2.14 bits per heavy atom. The zero-order valence-electron chi connectivity index (χ0n) is 16.6. The molecule has 1 fully saturated rings. The van der Waals surface area contributed by atoms with Crippen molar-refractivity contribution in [3.8, 4) is 0 Å². The fourth-order valence-corrected chi connectivity index (χ4v) is 3.77. The fourth-order valence-electron chi connectivity index (χ4n) is 2.85. The van der Waals surface area contributed by atoms with Gasteiger partial charge in [-0.25, -0.2) is 14.3 Å². The molecule has 0 spiro atoms. The molecule has 2 aromatic rings. The average molecular weight is 411 g/mol. The minimum Gasteiger partial charge on any atom is -0.497 e. The molecular weight excluding hydrogens is 384 g/mol. The minimum absolute atomic E-state index is 0.525. The van der Waals surface area contributed by atoms with E-state index in [1.165, 1.54) is 11.9 Å². The number of benzene rings is 1. The summed E-state index contributed by atoms with van der Waals surface area (Å²) in [5.41, 5.74) is 3.72. The first-order chi connectivity index (χ1) is 14.2. The number of nitrogens with one attached hydrogen (secondary N) is 1. The average Bonchev–Trinajstić information content (AvgIpc) is 2.77. The first-order valence-electron chi connectivity index (χ1n) is 9.39. The predicted molar refractivity (Wildman–Crippen MR) is 120 cm³/mol. The molecule has 29 heavy (non-hydrogen) atoms. The topological polar surface area (TPSA) is 59.5 Å². The summed E-state index contributed by atoms with van der Waals surface area (Å²) in [6, 6.07) is 10.2. The number of allylic oxidation sites excluding steroid dienone is 3. The Labute approximate surface area is 176 Å². The Bertz CT molecular complexity index is 879. The van der Waals surface area contributed by atoms with Crippen LogP contribution in [0.2, 0.25) is 0 Å². The van der Waals surface area contributed by atoms with Crippen molar-refractivity contribution in [1.29, 1.82) is 0 Å². The standard InChI is InChI=1S/C22H26N4O2S/c1-4-6-20(17(2)27-3)21-14-22(24-16-23-21)25-19-8-5-7-18(13-19)15-29-26-9-11-28-12-10-26/h4-8,13-14,16H,1-2,9-12,15H2,3H3,(H,23,24,25)/b20-6+. The summed E-state index contributed by atoms with van der Waals surface area (Å²) < 4.78 is 13.0. The quantitative estimate of drug-likeness (QED) is 0.373. The predicted octanol–water partition coefficient (Wildman–Crippen LogP) is 4.43. The lowest BCUT2D eigenvalue weighted by atomic mass is 10.1. The van der Waals surface area contributed by atoms with E-state index in [1.54, 1.807) is 13.2 Å². The zero-order valence-corrected chi connectivity index (χ0v) is 17.5. The van der Waals surface area contributed by atoms with Crippen LogP contribution in [0.25, 0.3) is 5.57 Å². The summed E-state index contributed by atoms with van der Waals surface area (Å²) in [7, 11) is 1.58. The van der Waals surface area contributed by atoms with E-state index in [4.69, 9.17) is 9.47 Å². The first kappa shape index (κ1) is 21.1. The van der Waals surface area contributed by atoms with Crippen LogP contribution in [0.15, 0.2) is 67.7 Å². The molecule has 1 saturated heterocycles. The number of hydrogen-bond donors (Lipinski definition) is 1. The highest BCUT2D eigenvalue weighted by atomic mass is 32.2. The molecule has 0 atom stereocenters. The van der Waals surface area contributed by atoms with Gasteiger partial charge in [0.2, 0.25) is 0 Å². The number of nitrogens with zero attached hydrogens (tertiary/aromatic N) is 3. The van der Waals surface area contributed by atoms with E-state index < -0.39 is 0 Å². The van der Waals surface area contributed by atoms with E-state index >= 15 is 0 Å². The van der Waals surface area contributed by atoms with Crippen molar-refractivity contribution in [2.75, 3.05) is 38.7 Å². The van der Waals surface area contributed by atoms with Crippen LogP contribution in [-0.4, -0.2) is 47.7 Å². The van der Waals surface area contributed by atoms with Crippen LogP contribution < -0.4 is 5.32 Å². The zero-order chi connectivity index (χ0) is 20.5. The van der Waals surface area contributed by atoms with Gasteiger partial charge in [0.15, 0.2) is 0 Å². The second kappa shape index (κ2) is 10.8. The highest BCUT2D eigenvalue weighted by molar-refractivity contribution is 7.96. The second-order valence-corrected chi connectivity index (χ2v) is 7.44. The molecule has 1 aliphatic rings. The van der Waals surface area contributed by atoms with E-state index in [1.807, 2.05) is 30.2 Å². The molecule has 0 radical (unpaired) electrons. The van der Waals surface area contributed by atoms with Gasteiger partial charge in [0, 0.05) is 36.2 Å². The summed E-state index contributed by atoms with van der Waals surface area (Å²) in [6.45, 7) is 11.2. The van der Waals surface area contributed by atoms with E-state index in [0.717, 1.165) is 43.3 Å². The molecule has 1 aromatic heterocycles. The maximum absolute atomic E-state index is 5.40. The van der Waals surface area contributed by atoms with Crippen LogP contribution in [-0.2, 0) is 15.2 Å². The molecule has 3 rings (SSSR count). The van der Waals surface area contributed by atoms with Gasteiger partial charge in [-0.3, -0.25) is 0 Å². The number of morpholine rings is 1. The lowest BCUT2D eigenvalue weighted by Gasteiger charge is -2.25. The van der Waals surface area contributed by atoms with Crippen molar-refractivity contribution in [3.05, 3.63) is 79.0 Å². The van der Waals surface area contributed by atoms with E-state index in [-0.39, 0.29) is 0 Å².